The van der Waals surface area contributed by atoms with E-state index in [1.807, 2.05) is 6.92 Å². The number of allylic oxidation sites excluding steroid dienone is 1. The number of nitrogens with one attached hydrogen (secondary N) is 1. The summed E-state index contributed by atoms with van der Waals surface area (Å²) in [5.41, 5.74) is 2.62. The standard InChI is InChI=1S/C23H30N2O2/c1-2-27-21(26)22-12-7-6-10-18(22)20-19(11-13-22)25(16-23(20)15-24-23)14-17-8-4-3-5-9-17/h3-5,8-10,19-20,24H,2,6-7,11-16H2,1H3/t19-,20+,22+,23-/m0/s1. The first-order valence-corrected chi connectivity index (χ1v) is 10.6. The van der Waals surface area contributed by atoms with Gasteiger partial charge in [0.25, 0.3) is 0 Å². The molecule has 4 heteroatoms. The van der Waals surface area contributed by atoms with Crippen LogP contribution in [0, 0.1) is 11.3 Å². The number of carbonyl (C=O) groups is 1. The van der Waals surface area contributed by atoms with Crippen molar-refractivity contribution in [3.63, 3.8) is 0 Å². The highest BCUT2D eigenvalue weighted by molar-refractivity contribution is 5.82. The molecule has 4 atom stereocenters. The average Bonchev–Trinajstić information content (AvgIpc) is 3.40. The third kappa shape index (κ3) is 2.68. The van der Waals surface area contributed by atoms with E-state index < -0.39 is 0 Å². The zero-order valence-electron chi connectivity index (χ0n) is 16.2. The Bertz CT molecular complexity index is 755. The number of likely N-dealkylation sites (tertiary alicyclic amines) is 1. The van der Waals surface area contributed by atoms with Crippen LogP contribution < -0.4 is 5.32 Å². The van der Waals surface area contributed by atoms with E-state index in [1.54, 1.807) is 0 Å². The molecule has 1 aromatic rings. The van der Waals surface area contributed by atoms with Crippen LogP contribution in [0.2, 0.25) is 0 Å². The number of ether oxygens (including phenoxy) is 1. The van der Waals surface area contributed by atoms with E-state index in [9.17, 15) is 4.79 Å². The molecule has 1 N–H and O–H groups in total. The van der Waals surface area contributed by atoms with Crippen molar-refractivity contribution in [2.45, 2.75) is 57.2 Å². The number of nitrogens with zero attached hydrogens (tertiary/aromatic N) is 1. The van der Waals surface area contributed by atoms with Crippen molar-refractivity contribution < 1.29 is 9.53 Å². The van der Waals surface area contributed by atoms with Gasteiger partial charge in [-0.05, 0) is 44.6 Å². The van der Waals surface area contributed by atoms with Crippen LogP contribution in [0.5, 0.6) is 0 Å². The lowest BCUT2D eigenvalue weighted by atomic mass is 9.58. The lowest BCUT2D eigenvalue weighted by Gasteiger charge is -2.47. The highest BCUT2D eigenvalue weighted by Gasteiger charge is 2.66. The molecule has 27 heavy (non-hydrogen) atoms. The minimum atomic E-state index is -0.352. The number of hydrogen-bond acceptors (Lipinski definition) is 4. The molecule has 0 radical (unpaired) electrons. The minimum Gasteiger partial charge on any atom is -0.465 e. The number of esters is 1. The van der Waals surface area contributed by atoms with Gasteiger partial charge in [-0.2, -0.15) is 0 Å². The highest BCUT2D eigenvalue weighted by atomic mass is 16.5. The molecule has 0 aromatic heterocycles. The summed E-state index contributed by atoms with van der Waals surface area (Å²) < 4.78 is 5.59. The highest BCUT2D eigenvalue weighted by Crippen LogP contribution is 2.59. The third-order valence-corrected chi connectivity index (χ3v) is 7.39. The van der Waals surface area contributed by atoms with E-state index >= 15 is 0 Å². The van der Waals surface area contributed by atoms with E-state index in [0.29, 0.717) is 18.6 Å². The molecule has 0 amide bonds. The van der Waals surface area contributed by atoms with Gasteiger partial charge in [0.1, 0.15) is 0 Å². The lowest BCUT2D eigenvalue weighted by Crippen LogP contribution is -2.50. The second-order valence-electron chi connectivity index (χ2n) is 8.84. The Morgan fingerprint density at radius 3 is 2.85 bits per heavy atom. The summed E-state index contributed by atoms with van der Waals surface area (Å²) in [5.74, 6) is 0.492. The summed E-state index contributed by atoms with van der Waals surface area (Å²) in [6, 6.07) is 11.3. The van der Waals surface area contributed by atoms with Crippen LogP contribution in [0.15, 0.2) is 42.0 Å². The number of fused-ring (bicyclic) bond motifs is 4. The normalized spacial score (nSPS) is 37.4. The van der Waals surface area contributed by atoms with Crippen molar-refractivity contribution in [1.82, 2.24) is 10.2 Å². The summed E-state index contributed by atoms with van der Waals surface area (Å²) in [6.45, 7) is 5.58. The topological polar surface area (TPSA) is 51.5 Å². The van der Waals surface area contributed by atoms with Gasteiger partial charge in [0.2, 0.25) is 0 Å². The maximum Gasteiger partial charge on any atom is 0.316 e. The number of carbonyl (C=O) groups excluding carboxylic acids is 1. The number of benzene rings is 1. The van der Waals surface area contributed by atoms with Crippen LogP contribution >= 0.6 is 0 Å². The van der Waals surface area contributed by atoms with E-state index in [2.05, 4.69) is 46.6 Å². The summed E-state index contributed by atoms with van der Waals surface area (Å²) in [6.07, 6.45) is 7.63. The number of hydrogen-bond donors (Lipinski definition) is 1. The fourth-order valence-electron chi connectivity index (χ4n) is 6.13. The molecule has 0 bridgehead atoms. The lowest BCUT2D eigenvalue weighted by molar-refractivity contribution is -0.156. The van der Waals surface area contributed by atoms with Gasteiger partial charge in [0.15, 0.2) is 0 Å². The number of rotatable bonds is 4. The van der Waals surface area contributed by atoms with E-state index in [-0.39, 0.29) is 16.9 Å². The minimum absolute atomic E-state index is 0.0340. The van der Waals surface area contributed by atoms with Crippen molar-refractivity contribution >= 4 is 5.97 Å². The first kappa shape index (κ1) is 17.4. The van der Waals surface area contributed by atoms with Crippen LogP contribution in [0.4, 0.5) is 0 Å². The zero-order valence-corrected chi connectivity index (χ0v) is 16.2. The van der Waals surface area contributed by atoms with Gasteiger partial charge in [-0.15, -0.1) is 0 Å². The molecule has 4 nitrogen and oxygen atoms in total. The summed E-state index contributed by atoms with van der Waals surface area (Å²) in [4.78, 5) is 15.7. The Morgan fingerprint density at radius 2 is 2.11 bits per heavy atom. The molecule has 4 aliphatic rings. The Morgan fingerprint density at radius 1 is 1.30 bits per heavy atom. The summed E-state index contributed by atoms with van der Waals surface area (Å²) in [7, 11) is 0. The van der Waals surface area contributed by atoms with Gasteiger partial charge < -0.3 is 10.1 Å². The second kappa shape index (κ2) is 6.46. The van der Waals surface area contributed by atoms with Crippen LogP contribution in [-0.4, -0.2) is 42.1 Å². The molecule has 1 aromatic carbocycles. The van der Waals surface area contributed by atoms with Gasteiger partial charge >= 0.3 is 5.97 Å². The monoisotopic (exact) mass is 366 g/mol. The van der Waals surface area contributed by atoms with Gasteiger partial charge in [-0.25, -0.2) is 0 Å². The van der Waals surface area contributed by atoms with Crippen molar-refractivity contribution in [3.8, 4) is 0 Å². The predicted octanol–water partition coefficient (Wildman–Crippen LogP) is 3.28. The molecular formula is C23H30N2O2. The average molecular weight is 367 g/mol. The SMILES string of the molecule is CCOC(=O)[C@@]12CCCC=C1[C@@H]1[C@H](CC2)N(Cc2ccccc2)C[C@@]12CN2. The molecule has 5 rings (SSSR count). The predicted molar refractivity (Wildman–Crippen MR) is 105 cm³/mol. The Balaban J connectivity index is 1.47. The van der Waals surface area contributed by atoms with E-state index in [1.165, 1.54) is 11.1 Å². The van der Waals surface area contributed by atoms with Crippen molar-refractivity contribution in [2.24, 2.45) is 11.3 Å². The second-order valence-corrected chi connectivity index (χ2v) is 8.84. The van der Waals surface area contributed by atoms with Crippen molar-refractivity contribution in [3.05, 3.63) is 47.5 Å². The van der Waals surface area contributed by atoms with Crippen LogP contribution in [-0.2, 0) is 16.1 Å². The molecule has 144 valence electrons. The molecular weight excluding hydrogens is 336 g/mol. The quantitative estimate of drug-likeness (QED) is 0.505. The largest absolute Gasteiger partial charge is 0.465 e. The molecule has 1 saturated carbocycles. The van der Waals surface area contributed by atoms with Crippen molar-refractivity contribution in [2.75, 3.05) is 19.7 Å². The molecule has 2 saturated heterocycles. The molecule has 2 aliphatic carbocycles. The van der Waals surface area contributed by atoms with Crippen LogP contribution in [0.3, 0.4) is 0 Å². The Kier molecular flexibility index (Phi) is 4.17. The van der Waals surface area contributed by atoms with E-state index in [0.717, 1.165) is 51.7 Å². The van der Waals surface area contributed by atoms with Gasteiger partial charge in [-0.3, -0.25) is 9.69 Å². The zero-order chi connectivity index (χ0) is 18.5. The maximum atomic E-state index is 13.0. The van der Waals surface area contributed by atoms with Gasteiger partial charge in [-0.1, -0.05) is 42.0 Å². The molecule has 0 unspecified atom stereocenters. The van der Waals surface area contributed by atoms with Crippen LogP contribution in [0.25, 0.3) is 0 Å². The fourth-order valence-corrected chi connectivity index (χ4v) is 6.13. The first-order valence-electron chi connectivity index (χ1n) is 10.6. The fraction of sp³-hybridized carbons (Fsp3) is 0.609. The van der Waals surface area contributed by atoms with Gasteiger partial charge in [0.05, 0.1) is 17.6 Å². The third-order valence-electron chi connectivity index (χ3n) is 7.39. The Hall–Kier alpha value is -1.65. The summed E-state index contributed by atoms with van der Waals surface area (Å²) in [5, 5.41) is 3.71. The Labute approximate surface area is 162 Å². The summed E-state index contributed by atoms with van der Waals surface area (Å²) >= 11 is 0. The van der Waals surface area contributed by atoms with Crippen molar-refractivity contribution in [1.29, 1.82) is 0 Å². The molecule has 2 aliphatic heterocycles. The molecule has 2 heterocycles. The maximum absolute atomic E-state index is 13.0. The van der Waals surface area contributed by atoms with Crippen LogP contribution in [0.1, 0.15) is 44.6 Å². The molecule has 3 fully saturated rings. The van der Waals surface area contributed by atoms with E-state index in [4.69, 9.17) is 4.74 Å². The first-order chi connectivity index (χ1) is 13.2. The molecule has 1 spiro atoms. The van der Waals surface area contributed by atoms with Gasteiger partial charge in [0, 0.05) is 31.6 Å². The smallest absolute Gasteiger partial charge is 0.316 e.